The third kappa shape index (κ3) is 4.22. The van der Waals surface area contributed by atoms with Gasteiger partial charge in [0.05, 0.1) is 17.6 Å². The van der Waals surface area contributed by atoms with Gasteiger partial charge in [0.1, 0.15) is 28.1 Å². The second kappa shape index (κ2) is 8.97. The van der Waals surface area contributed by atoms with Gasteiger partial charge >= 0.3 is 0 Å². The first-order valence-corrected chi connectivity index (χ1v) is 12.2. The highest BCUT2D eigenvalue weighted by Crippen LogP contribution is 2.34. The molecule has 3 aromatic rings. The molecule has 0 amide bonds. The molecule has 7 nitrogen and oxygen atoms in total. The SMILES string of the molecule is CCc1nc(N2CCN(S(=O)(=O)c3ccc(F)cc3OC)CC2)c2cc(Cl)cc(Cl)c2n1. The van der Waals surface area contributed by atoms with Gasteiger partial charge in [0, 0.05) is 49.1 Å². The Hall–Kier alpha value is -2.20. The summed E-state index contributed by atoms with van der Waals surface area (Å²) in [5.41, 5.74) is 0.615. The van der Waals surface area contributed by atoms with E-state index in [0.29, 0.717) is 46.7 Å². The van der Waals surface area contributed by atoms with Crippen LogP contribution in [-0.4, -0.2) is 56.0 Å². The zero-order valence-electron chi connectivity index (χ0n) is 17.5. The molecule has 0 saturated carbocycles. The monoisotopic (exact) mass is 498 g/mol. The summed E-state index contributed by atoms with van der Waals surface area (Å²) in [6, 6.07) is 6.81. The van der Waals surface area contributed by atoms with E-state index in [4.69, 9.17) is 27.9 Å². The lowest BCUT2D eigenvalue weighted by atomic mass is 10.2. The van der Waals surface area contributed by atoms with Crippen LogP contribution in [0.5, 0.6) is 5.75 Å². The number of sulfonamides is 1. The Morgan fingerprint density at radius 2 is 1.81 bits per heavy atom. The van der Waals surface area contributed by atoms with Gasteiger partial charge in [0.25, 0.3) is 0 Å². The minimum Gasteiger partial charge on any atom is -0.495 e. The predicted octanol–water partition coefficient (Wildman–Crippen LogP) is 4.16. The molecule has 0 bridgehead atoms. The van der Waals surface area contributed by atoms with Crippen molar-refractivity contribution >= 4 is 49.9 Å². The molecule has 1 aliphatic heterocycles. The first-order valence-electron chi connectivity index (χ1n) is 9.99. The number of nitrogens with zero attached hydrogens (tertiary/aromatic N) is 4. The first-order chi connectivity index (χ1) is 15.2. The lowest BCUT2D eigenvalue weighted by molar-refractivity contribution is 0.372. The van der Waals surface area contributed by atoms with Gasteiger partial charge in [-0.1, -0.05) is 30.1 Å². The second-order valence-electron chi connectivity index (χ2n) is 7.29. The Kier molecular flexibility index (Phi) is 6.44. The molecule has 11 heteroatoms. The molecule has 1 fully saturated rings. The molecule has 0 spiro atoms. The third-order valence-corrected chi connectivity index (χ3v) is 7.79. The normalized spacial score (nSPS) is 15.3. The van der Waals surface area contributed by atoms with Gasteiger partial charge < -0.3 is 9.64 Å². The summed E-state index contributed by atoms with van der Waals surface area (Å²) in [5, 5.41) is 1.63. The molecule has 1 aromatic heterocycles. The molecule has 2 heterocycles. The fraction of sp³-hybridized carbons (Fsp3) is 0.333. The summed E-state index contributed by atoms with van der Waals surface area (Å²) < 4.78 is 46.3. The number of benzene rings is 2. The molecule has 170 valence electrons. The van der Waals surface area contributed by atoms with Crippen molar-refractivity contribution in [1.82, 2.24) is 14.3 Å². The molecule has 0 atom stereocenters. The minimum absolute atomic E-state index is 0.0221. The molecule has 0 radical (unpaired) electrons. The van der Waals surface area contributed by atoms with Gasteiger partial charge in [-0.3, -0.25) is 0 Å². The van der Waals surface area contributed by atoms with Crippen LogP contribution in [0.2, 0.25) is 10.0 Å². The summed E-state index contributed by atoms with van der Waals surface area (Å²) in [7, 11) is -2.54. The maximum Gasteiger partial charge on any atom is 0.246 e. The molecular formula is C21H21Cl2FN4O3S. The van der Waals surface area contributed by atoms with Crippen LogP contribution >= 0.6 is 23.2 Å². The van der Waals surface area contributed by atoms with Crippen molar-refractivity contribution in [2.24, 2.45) is 0 Å². The van der Waals surface area contributed by atoms with Crippen LogP contribution in [0.15, 0.2) is 35.2 Å². The number of halogens is 3. The number of fused-ring (bicyclic) bond motifs is 1. The lowest BCUT2D eigenvalue weighted by Crippen LogP contribution is -2.49. The number of rotatable bonds is 5. The largest absolute Gasteiger partial charge is 0.495 e. The van der Waals surface area contributed by atoms with Gasteiger partial charge in [0.15, 0.2) is 0 Å². The Balaban J connectivity index is 1.64. The van der Waals surface area contributed by atoms with E-state index in [0.717, 1.165) is 17.5 Å². The first kappa shape index (κ1) is 23.0. The molecule has 0 unspecified atom stereocenters. The molecule has 2 aromatic carbocycles. The summed E-state index contributed by atoms with van der Waals surface area (Å²) in [6.45, 7) is 3.22. The van der Waals surface area contributed by atoms with E-state index in [-0.39, 0.29) is 23.7 Å². The van der Waals surface area contributed by atoms with Crippen LogP contribution in [0.25, 0.3) is 10.9 Å². The zero-order valence-corrected chi connectivity index (χ0v) is 19.8. The summed E-state index contributed by atoms with van der Waals surface area (Å²) in [6.07, 6.45) is 0.626. The average Bonchev–Trinajstić information content (AvgIpc) is 2.78. The van der Waals surface area contributed by atoms with Crippen molar-refractivity contribution in [2.45, 2.75) is 18.2 Å². The Morgan fingerprint density at radius 3 is 2.47 bits per heavy atom. The van der Waals surface area contributed by atoms with Crippen LogP contribution in [0.4, 0.5) is 10.2 Å². The van der Waals surface area contributed by atoms with E-state index in [9.17, 15) is 12.8 Å². The number of methoxy groups -OCH3 is 1. The number of ether oxygens (including phenoxy) is 1. The molecule has 4 rings (SSSR count). The van der Waals surface area contributed by atoms with E-state index in [1.807, 2.05) is 11.8 Å². The molecule has 0 N–H and O–H groups in total. The molecule has 1 saturated heterocycles. The van der Waals surface area contributed by atoms with Gasteiger partial charge in [-0.15, -0.1) is 0 Å². The summed E-state index contributed by atoms with van der Waals surface area (Å²) >= 11 is 12.6. The second-order valence-corrected chi connectivity index (χ2v) is 10.0. The highest BCUT2D eigenvalue weighted by atomic mass is 35.5. The minimum atomic E-state index is -3.86. The highest BCUT2D eigenvalue weighted by Gasteiger charge is 2.32. The quantitative estimate of drug-likeness (QED) is 0.525. The van der Waals surface area contributed by atoms with Crippen LogP contribution in [0, 0.1) is 5.82 Å². The Morgan fingerprint density at radius 1 is 1.09 bits per heavy atom. The van der Waals surface area contributed by atoms with Crippen molar-refractivity contribution in [2.75, 3.05) is 38.2 Å². The fourth-order valence-corrected chi connectivity index (χ4v) is 5.81. The summed E-state index contributed by atoms with van der Waals surface area (Å²) in [5.74, 6) is 0.729. The topological polar surface area (TPSA) is 75.6 Å². The molecular weight excluding hydrogens is 478 g/mol. The van der Waals surface area contributed by atoms with Crippen molar-refractivity contribution in [3.05, 3.63) is 52.0 Å². The smallest absolute Gasteiger partial charge is 0.246 e. The van der Waals surface area contributed by atoms with Crippen LogP contribution in [-0.2, 0) is 16.4 Å². The predicted molar refractivity (Wildman–Crippen MR) is 123 cm³/mol. The molecule has 0 aliphatic carbocycles. The number of piperazine rings is 1. The van der Waals surface area contributed by atoms with Crippen LogP contribution in [0.3, 0.4) is 0 Å². The van der Waals surface area contributed by atoms with Crippen molar-refractivity contribution in [3.63, 3.8) is 0 Å². The number of anilines is 1. The van der Waals surface area contributed by atoms with Gasteiger partial charge in [-0.2, -0.15) is 4.31 Å². The van der Waals surface area contributed by atoms with E-state index < -0.39 is 15.8 Å². The van der Waals surface area contributed by atoms with Gasteiger partial charge in [0.2, 0.25) is 10.0 Å². The van der Waals surface area contributed by atoms with Crippen molar-refractivity contribution in [3.8, 4) is 5.75 Å². The highest BCUT2D eigenvalue weighted by molar-refractivity contribution is 7.89. The zero-order chi connectivity index (χ0) is 23.0. The standard InChI is InChI=1S/C21H21Cl2FN4O3S/c1-3-19-25-20-15(10-13(22)11-16(20)23)21(26-19)27-6-8-28(9-7-27)32(29,30)18-5-4-14(24)12-17(18)31-2/h4-5,10-12H,3,6-9H2,1-2H3. The van der Waals surface area contributed by atoms with E-state index in [2.05, 4.69) is 9.97 Å². The van der Waals surface area contributed by atoms with Gasteiger partial charge in [-0.05, 0) is 24.3 Å². The average molecular weight is 499 g/mol. The number of aromatic nitrogens is 2. The summed E-state index contributed by atoms with van der Waals surface area (Å²) in [4.78, 5) is 11.1. The van der Waals surface area contributed by atoms with E-state index >= 15 is 0 Å². The number of hydrogen-bond acceptors (Lipinski definition) is 6. The van der Waals surface area contributed by atoms with Crippen LogP contribution < -0.4 is 9.64 Å². The fourth-order valence-electron chi connectivity index (χ4n) is 3.72. The number of hydrogen-bond donors (Lipinski definition) is 0. The number of aryl methyl sites for hydroxylation is 1. The van der Waals surface area contributed by atoms with E-state index in [1.165, 1.54) is 17.5 Å². The van der Waals surface area contributed by atoms with Gasteiger partial charge in [-0.25, -0.2) is 22.8 Å². The van der Waals surface area contributed by atoms with Crippen LogP contribution in [0.1, 0.15) is 12.7 Å². The van der Waals surface area contributed by atoms with Crippen molar-refractivity contribution in [1.29, 1.82) is 0 Å². The van der Waals surface area contributed by atoms with E-state index in [1.54, 1.807) is 12.1 Å². The van der Waals surface area contributed by atoms with Crippen molar-refractivity contribution < 1.29 is 17.5 Å². The Bertz CT molecular complexity index is 1280. The Labute approximate surface area is 195 Å². The third-order valence-electron chi connectivity index (χ3n) is 5.34. The lowest BCUT2D eigenvalue weighted by Gasteiger charge is -2.35. The maximum atomic E-state index is 13.5. The maximum absolute atomic E-state index is 13.5. The molecule has 32 heavy (non-hydrogen) atoms. The molecule has 1 aliphatic rings.